The summed E-state index contributed by atoms with van der Waals surface area (Å²) >= 11 is 9.90. The van der Waals surface area contributed by atoms with Crippen molar-refractivity contribution in [2.75, 3.05) is 12.0 Å². The number of hydrogen-bond acceptors (Lipinski definition) is 3. The molecule has 1 amide bonds. The molecule has 1 atom stereocenters. The fourth-order valence-electron chi connectivity index (χ4n) is 3.05. The lowest BCUT2D eigenvalue weighted by molar-refractivity contribution is 0.144. The number of anilines is 1. The van der Waals surface area contributed by atoms with Gasteiger partial charge in [0.05, 0.1) is 17.8 Å². The number of halogens is 2. The molecule has 0 spiro atoms. The van der Waals surface area contributed by atoms with Gasteiger partial charge in [-0.1, -0.05) is 41.9 Å². The van der Waals surface area contributed by atoms with Crippen molar-refractivity contribution in [3.05, 3.63) is 57.0 Å². The van der Waals surface area contributed by atoms with Crippen LogP contribution in [-0.2, 0) is 17.8 Å². The van der Waals surface area contributed by atoms with E-state index in [0.29, 0.717) is 16.5 Å². The van der Waals surface area contributed by atoms with E-state index in [1.54, 1.807) is 18.1 Å². The van der Waals surface area contributed by atoms with Crippen LogP contribution in [0.25, 0.3) is 0 Å². The number of benzene rings is 2. The summed E-state index contributed by atoms with van der Waals surface area (Å²) < 4.78 is 11.8. The summed E-state index contributed by atoms with van der Waals surface area (Å²) in [7, 11) is 1.59. The Balaban J connectivity index is 1.92. The Labute approximate surface area is 160 Å². The topological polar surface area (TPSA) is 38.8 Å². The maximum atomic E-state index is 12.8. The first kappa shape index (κ1) is 18.1. The van der Waals surface area contributed by atoms with Crippen LogP contribution in [0.3, 0.4) is 0 Å². The molecule has 3 rings (SSSR count). The molecule has 1 heterocycles. The van der Waals surface area contributed by atoms with E-state index < -0.39 is 6.09 Å². The number of ether oxygens (including phenoxy) is 2. The predicted molar refractivity (Wildman–Crippen MR) is 103 cm³/mol. The van der Waals surface area contributed by atoms with Gasteiger partial charge in [-0.25, -0.2) is 4.79 Å². The van der Waals surface area contributed by atoms with Gasteiger partial charge in [0.15, 0.2) is 0 Å². The zero-order valence-electron chi connectivity index (χ0n) is 14.1. The molecule has 132 valence electrons. The first-order valence-electron chi connectivity index (χ1n) is 8.07. The van der Waals surface area contributed by atoms with Gasteiger partial charge in [0, 0.05) is 10.5 Å². The largest absolute Gasteiger partial charge is 0.495 e. The number of nitrogens with zero attached hydrogens (tertiary/aromatic N) is 1. The van der Waals surface area contributed by atoms with E-state index in [4.69, 9.17) is 21.1 Å². The second-order valence-corrected chi connectivity index (χ2v) is 7.23. The van der Waals surface area contributed by atoms with E-state index in [0.717, 1.165) is 28.4 Å². The zero-order valence-corrected chi connectivity index (χ0v) is 16.4. The lowest BCUT2D eigenvalue weighted by Gasteiger charge is -2.36. The van der Waals surface area contributed by atoms with E-state index in [2.05, 4.69) is 15.9 Å². The Morgan fingerprint density at radius 1 is 1.36 bits per heavy atom. The average molecular weight is 425 g/mol. The van der Waals surface area contributed by atoms with Crippen molar-refractivity contribution in [3.63, 3.8) is 0 Å². The molecule has 0 saturated heterocycles. The molecule has 4 nitrogen and oxygen atoms in total. The summed E-state index contributed by atoms with van der Waals surface area (Å²) in [6.45, 7) is 2.23. The van der Waals surface area contributed by atoms with Gasteiger partial charge in [0.25, 0.3) is 0 Å². The number of amides is 1. The van der Waals surface area contributed by atoms with Gasteiger partial charge < -0.3 is 9.47 Å². The Hall–Kier alpha value is -1.72. The van der Waals surface area contributed by atoms with Crippen LogP contribution in [0.5, 0.6) is 5.75 Å². The van der Waals surface area contributed by atoms with Crippen molar-refractivity contribution in [1.29, 1.82) is 0 Å². The molecule has 0 aliphatic carbocycles. The summed E-state index contributed by atoms with van der Waals surface area (Å²) in [5.74, 6) is 0.606. The highest BCUT2D eigenvalue weighted by Gasteiger charge is 2.34. The van der Waals surface area contributed by atoms with E-state index in [1.807, 2.05) is 37.3 Å². The molecule has 1 unspecified atom stereocenters. The molecule has 1 aliphatic rings. The highest BCUT2D eigenvalue weighted by molar-refractivity contribution is 9.10. The van der Waals surface area contributed by atoms with Crippen molar-refractivity contribution in [3.8, 4) is 5.75 Å². The lowest BCUT2D eigenvalue weighted by atomic mass is 9.96. The molecule has 0 N–H and O–H groups in total. The highest BCUT2D eigenvalue weighted by atomic mass is 79.9. The van der Waals surface area contributed by atoms with Gasteiger partial charge in [-0.15, -0.1) is 0 Å². The Morgan fingerprint density at radius 3 is 2.76 bits per heavy atom. The first-order chi connectivity index (χ1) is 12.0. The van der Waals surface area contributed by atoms with Gasteiger partial charge in [-0.05, 0) is 52.9 Å². The van der Waals surface area contributed by atoms with Crippen LogP contribution in [0.2, 0.25) is 5.02 Å². The molecular formula is C19H19BrClNO3. The molecule has 0 fully saturated rings. The maximum absolute atomic E-state index is 12.8. The number of carbonyl (C=O) groups excluding carboxylic acids is 1. The van der Waals surface area contributed by atoms with Crippen LogP contribution < -0.4 is 9.64 Å². The van der Waals surface area contributed by atoms with Crippen molar-refractivity contribution in [2.45, 2.75) is 32.4 Å². The Bertz CT molecular complexity index is 782. The van der Waals surface area contributed by atoms with Gasteiger partial charge in [-0.2, -0.15) is 0 Å². The van der Waals surface area contributed by atoms with Crippen LogP contribution in [0.1, 0.15) is 24.5 Å². The quantitative estimate of drug-likeness (QED) is 0.645. The molecule has 25 heavy (non-hydrogen) atoms. The van der Waals surface area contributed by atoms with Crippen LogP contribution in [0.4, 0.5) is 10.5 Å². The van der Waals surface area contributed by atoms with Crippen molar-refractivity contribution in [2.24, 2.45) is 0 Å². The summed E-state index contributed by atoms with van der Waals surface area (Å²) in [4.78, 5) is 14.5. The molecule has 0 aromatic heterocycles. The molecule has 2 aromatic carbocycles. The van der Waals surface area contributed by atoms with Crippen LogP contribution in [0, 0.1) is 0 Å². The summed E-state index contributed by atoms with van der Waals surface area (Å²) in [5.41, 5.74) is 2.55. The minimum atomic E-state index is -0.394. The van der Waals surface area contributed by atoms with Crippen LogP contribution >= 0.6 is 27.5 Å². The summed E-state index contributed by atoms with van der Waals surface area (Å²) in [6.07, 6.45) is 1.20. The minimum absolute atomic E-state index is 0.00177. The van der Waals surface area contributed by atoms with Crippen molar-refractivity contribution < 1.29 is 14.3 Å². The zero-order chi connectivity index (χ0) is 18.0. The molecule has 1 aliphatic heterocycles. The van der Waals surface area contributed by atoms with Gasteiger partial charge in [-0.3, -0.25) is 4.90 Å². The Kier molecular flexibility index (Phi) is 5.54. The fraction of sp³-hybridized carbons (Fsp3) is 0.316. The van der Waals surface area contributed by atoms with Gasteiger partial charge in [0.1, 0.15) is 12.4 Å². The van der Waals surface area contributed by atoms with Gasteiger partial charge >= 0.3 is 6.09 Å². The number of hydrogen-bond donors (Lipinski definition) is 0. The van der Waals surface area contributed by atoms with E-state index >= 15 is 0 Å². The molecule has 0 saturated carbocycles. The third-order valence-corrected chi connectivity index (χ3v) is 5.65. The normalized spacial score (nSPS) is 16.3. The third kappa shape index (κ3) is 3.62. The molecular weight excluding hydrogens is 406 g/mol. The average Bonchev–Trinajstić information content (AvgIpc) is 2.63. The standard InChI is InChI=1S/C19H19BrClNO3/c1-12-8-9-14-17(21)15(20)10-16(24-2)18(14)22(12)19(23)25-11-13-6-4-3-5-7-13/h3-7,10,12H,8-9,11H2,1-2H3. The van der Waals surface area contributed by atoms with Gasteiger partial charge in [0.2, 0.25) is 0 Å². The van der Waals surface area contributed by atoms with Crippen LogP contribution in [-0.4, -0.2) is 19.2 Å². The highest BCUT2D eigenvalue weighted by Crippen LogP contribution is 2.45. The Morgan fingerprint density at radius 2 is 2.08 bits per heavy atom. The summed E-state index contributed by atoms with van der Waals surface area (Å²) in [5, 5.41) is 0.614. The van der Waals surface area contributed by atoms with Crippen molar-refractivity contribution in [1.82, 2.24) is 0 Å². The van der Waals surface area contributed by atoms with E-state index in [1.165, 1.54) is 0 Å². The number of carbonyl (C=O) groups is 1. The van der Waals surface area contributed by atoms with E-state index in [-0.39, 0.29) is 12.6 Å². The summed E-state index contributed by atoms with van der Waals surface area (Å²) in [6, 6.07) is 11.4. The predicted octanol–water partition coefficient (Wildman–Crippen LogP) is 5.59. The number of rotatable bonds is 3. The molecule has 2 aromatic rings. The number of fused-ring (bicyclic) bond motifs is 1. The molecule has 0 bridgehead atoms. The van der Waals surface area contributed by atoms with E-state index in [9.17, 15) is 4.79 Å². The second kappa shape index (κ2) is 7.67. The van der Waals surface area contributed by atoms with Crippen molar-refractivity contribution >= 4 is 39.3 Å². The molecule has 0 radical (unpaired) electrons. The third-order valence-electron chi connectivity index (χ3n) is 4.37. The first-order valence-corrected chi connectivity index (χ1v) is 9.24. The number of methoxy groups -OCH3 is 1. The van der Waals surface area contributed by atoms with Crippen LogP contribution in [0.15, 0.2) is 40.9 Å². The smallest absolute Gasteiger partial charge is 0.415 e. The monoisotopic (exact) mass is 423 g/mol. The maximum Gasteiger partial charge on any atom is 0.415 e. The SMILES string of the molecule is COc1cc(Br)c(Cl)c2c1N(C(=O)OCc1ccccc1)C(C)CC2. The second-order valence-electron chi connectivity index (χ2n) is 6.00. The molecule has 6 heteroatoms. The minimum Gasteiger partial charge on any atom is -0.495 e. The fourth-order valence-corrected chi connectivity index (χ4v) is 3.74. The lowest BCUT2D eigenvalue weighted by Crippen LogP contribution is -2.42.